The molecule has 0 radical (unpaired) electrons. The largest absolute Gasteiger partial charge is 0.336 e. The second-order valence-corrected chi connectivity index (χ2v) is 6.57. The lowest BCUT2D eigenvalue weighted by atomic mass is 10.0. The summed E-state index contributed by atoms with van der Waals surface area (Å²) in [6.07, 6.45) is 3.79. The Bertz CT molecular complexity index is 639. The van der Waals surface area contributed by atoms with Crippen LogP contribution in [-0.2, 0) is 6.54 Å². The highest BCUT2D eigenvalue weighted by molar-refractivity contribution is 5.73. The zero-order valence-electron chi connectivity index (χ0n) is 14.7. The second kappa shape index (κ2) is 9.23. The van der Waals surface area contributed by atoms with Crippen LogP contribution >= 0.6 is 0 Å². The molecule has 2 aromatic rings. The van der Waals surface area contributed by atoms with E-state index in [0.29, 0.717) is 13.1 Å². The quantitative estimate of drug-likeness (QED) is 0.844. The Morgan fingerprint density at radius 1 is 0.880 bits per heavy atom. The van der Waals surface area contributed by atoms with Gasteiger partial charge in [0.1, 0.15) is 0 Å². The maximum Gasteiger partial charge on any atom is 0.315 e. The molecule has 1 fully saturated rings. The molecule has 132 valence electrons. The van der Waals surface area contributed by atoms with Crippen LogP contribution in [0.3, 0.4) is 0 Å². The van der Waals surface area contributed by atoms with Gasteiger partial charge in [-0.2, -0.15) is 0 Å². The number of benzene rings is 2. The fourth-order valence-electron chi connectivity index (χ4n) is 3.39. The van der Waals surface area contributed by atoms with E-state index in [4.69, 9.17) is 0 Å². The zero-order chi connectivity index (χ0) is 17.3. The Labute approximate surface area is 150 Å². The van der Waals surface area contributed by atoms with Gasteiger partial charge in [-0.05, 0) is 37.1 Å². The Hall–Kier alpha value is -2.33. The predicted octanol–water partition coefficient (Wildman–Crippen LogP) is 3.71. The van der Waals surface area contributed by atoms with Crippen LogP contribution in [0.15, 0.2) is 60.7 Å². The molecule has 4 nitrogen and oxygen atoms in total. The number of nitrogens with one attached hydrogen (secondary N) is 2. The van der Waals surface area contributed by atoms with Gasteiger partial charge in [-0.25, -0.2) is 4.79 Å². The van der Waals surface area contributed by atoms with Crippen molar-refractivity contribution in [3.05, 3.63) is 71.8 Å². The van der Waals surface area contributed by atoms with Gasteiger partial charge in [0.2, 0.25) is 0 Å². The van der Waals surface area contributed by atoms with Crippen LogP contribution in [0.1, 0.15) is 36.4 Å². The van der Waals surface area contributed by atoms with Crippen molar-refractivity contribution in [2.75, 3.05) is 19.6 Å². The zero-order valence-corrected chi connectivity index (χ0v) is 14.7. The molecule has 1 saturated heterocycles. The van der Waals surface area contributed by atoms with Gasteiger partial charge in [-0.15, -0.1) is 0 Å². The van der Waals surface area contributed by atoms with Crippen LogP contribution in [0, 0.1) is 0 Å². The first-order valence-corrected chi connectivity index (χ1v) is 9.17. The van der Waals surface area contributed by atoms with E-state index in [2.05, 4.69) is 39.8 Å². The fraction of sp³-hybridized carbons (Fsp3) is 0.381. The molecule has 25 heavy (non-hydrogen) atoms. The van der Waals surface area contributed by atoms with Crippen molar-refractivity contribution >= 4 is 6.03 Å². The van der Waals surface area contributed by atoms with Crippen molar-refractivity contribution < 1.29 is 4.79 Å². The van der Waals surface area contributed by atoms with Gasteiger partial charge in [0.15, 0.2) is 0 Å². The summed E-state index contributed by atoms with van der Waals surface area (Å²) in [5.41, 5.74) is 2.38. The molecule has 2 aromatic carbocycles. The van der Waals surface area contributed by atoms with Crippen molar-refractivity contribution in [3.8, 4) is 0 Å². The monoisotopic (exact) mass is 337 g/mol. The van der Waals surface area contributed by atoms with Crippen molar-refractivity contribution in [2.24, 2.45) is 0 Å². The van der Waals surface area contributed by atoms with Gasteiger partial charge in [0.05, 0.1) is 6.04 Å². The number of hydrogen-bond donors (Lipinski definition) is 2. The lowest BCUT2D eigenvalue weighted by Gasteiger charge is -2.35. The summed E-state index contributed by atoms with van der Waals surface area (Å²) in [5.74, 6) is 0. The molecule has 2 amide bonds. The van der Waals surface area contributed by atoms with Crippen LogP contribution in [0.2, 0.25) is 0 Å². The van der Waals surface area contributed by atoms with E-state index < -0.39 is 0 Å². The average Bonchev–Trinajstić information content (AvgIpc) is 2.69. The Morgan fingerprint density at radius 3 is 2.20 bits per heavy atom. The summed E-state index contributed by atoms with van der Waals surface area (Å²) in [6, 6.07) is 20.6. The molecule has 1 unspecified atom stereocenters. The first kappa shape index (κ1) is 17.5. The number of rotatable bonds is 6. The third-order valence-electron chi connectivity index (χ3n) is 4.77. The summed E-state index contributed by atoms with van der Waals surface area (Å²) < 4.78 is 0. The van der Waals surface area contributed by atoms with Crippen LogP contribution < -0.4 is 10.6 Å². The van der Waals surface area contributed by atoms with Crippen LogP contribution in [0.25, 0.3) is 0 Å². The summed E-state index contributed by atoms with van der Waals surface area (Å²) in [7, 11) is 0. The lowest BCUT2D eigenvalue weighted by Crippen LogP contribution is -2.43. The molecule has 3 rings (SSSR count). The van der Waals surface area contributed by atoms with Gasteiger partial charge < -0.3 is 10.6 Å². The van der Waals surface area contributed by atoms with Crippen LogP contribution in [0.5, 0.6) is 0 Å². The third-order valence-corrected chi connectivity index (χ3v) is 4.77. The van der Waals surface area contributed by atoms with Gasteiger partial charge >= 0.3 is 6.03 Å². The van der Waals surface area contributed by atoms with E-state index in [1.54, 1.807) is 0 Å². The van der Waals surface area contributed by atoms with E-state index >= 15 is 0 Å². The molecule has 0 bridgehead atoms. The van der Waals surface area contributed by atoms with Crippen LogP contribution in [0.4, 0.5) is 4.79 Å². The topological polar surface area (TPSA) is 44.4 Å². The van der Waals surface area contributed by atoms with E-state index in [9.17, 15) is 4.79 Å². The molecule has 1 aliphatic rings. The van der Waals surface area contributed by atoms with Crippen LogP contribution in [-0.4, -0.2) is 30.6 Å². The minimum Gasteiger partial charge on any atom is -0.336 e. The highest BCUT2D eigenvalue weighted by atomic mass is 16.2. The highest BCUT2D eigenvalue weighted by Crippen LogP contribution is 2.23. The van der Waals surface area contributed by atoms with Gasteiger partial charge in [0, 0.05) is 13.1 Å². The highest BCUT2D eigenvalue weighted by Gasteiger charge is 2.22. The summed E-state index contributed by atoms with van der Waals surface area (Å²) >= 11 is 0. The smallest absolute Gasteiger partial charge is 0.315 e. The molecular formula is C21H27N3O. The molecule has 0 spiro atoms. The molecule has 0 aliphatic carbocycles. The molecule has 2 N–H and O–H groups in total. The molecule has 0 saturated carbocycles. The van der Waals surface area contributed by atoms with E-state index in [1.165, 1.54) is 24.8 Å². The Kier molecular flexibility index (Phi) is 6.46. The number of hydrogen-bond acceptors (Lipinski definition) is 2. The third kappa shape index (κ3) is 5.33. The molecule has 1 aliphatic heterocycles. The van der Waals surface area contributed by atoms with Gasteiger partial charge in [0.25, 0.3) is 0 Å². The number of amides is 2. The summed E-state index contributed by atoms with van der Waals surface area (Å²) in [4.78, 5) is 14.7. The standard InChI is InChI=1S/C21H27N3O/c25-21(22-16-18-10-4-1-5-11-18)23-17-20(19-12-6-2-7-13-19)24-14-8-3-9-15-24/h1-2,4-7,10-13,20H,3,8-9,14-17H2,(H2,22,23,25). The molecule has 0 aromatic heterocycles. The normalized spacial score (nSPS) is 16.2. The SMILES string of the molecule is O=C(NCc1ccccc1)NCC(c1ccccc1)N1CCCCC1. The molecule has 1 atom stereocenters. The number of likely N-dealkylation sites (tertiary alicyclic amines) is 1. The van der Waals surface area contributed by atoms with Crippen molar-refractivity contribution in [1.29, 1.82) is 0 Å². The second-order valence-electron chi connectivity index (χ2n) is 6.57. The minimum atomic E-state index is -0.109. The number of urea groups is 1. The van der Waals surface area contributed by atoms with Crippen molar-refractivity contribution in [1.82, 2.24) is 15.5 Å². The summed E-state index contributed by atoms with van der Waals surface area (Å²) in [5, 5.41) is 6.00. The maximum atomic E-state index is 12.2. The molecule has 1 heterocycles. The molecule has 4 heteroatoms. The fourth-order valence-corrected chi connectivity index (χ4v) is 3.39. The molecular weight excluding hydrogens is 310 g/mol. The predicted molar refractivity (Wildman–Crippen MR) is 101 cm³/mol. The summed E-state index contributed by atoms with van der Waals surface area (Å²) in [6.45, 7) is 3.39. The maximum absolute atomic E-state index is 12.2. The van der Waals surface area contributed by atoms with E-state index in [-0.39, 0.29) is 12.1 Å². The van der Waals surface area contributed by atoms with Crippen molar-refractivity contribution in [3.63, 3.8) is 0 Å². The lowest BCUT2D eigenvalue weighted by molar-refractivity contribution is 0.160. The number of carbonyl (C=O) groups is 1. The number of piperidine rings is 1. The van der Waals surface area contributed by atoms with E-state index in [0.717, 1.165) is 18.7 Å². The Balaban J connectivity index is 1.55. The Morgan fingerprint density at radius 2 is 1.52 bits per heavy atom. The average molecular weight is 337 g/mol. The minimum absolute atomic E-state index is 0.109. The number of carbonyl (C=O) groups excluding carboxylic acids is 1. The van der Waals surface area contributed by atoms with Crippen molar-refractivity contribution in [2.45, 2.75) is 31.8 Å². The van der Waals surface area contributed by atoms with Gasteiger partial charge in [-0.3, -0.25) is 4.90 Å². The number of nitrogens with zero attached hydrogens (tertiary/aromatic N) is 1. The van der Waals surface area contributed by atoms with Gasteiger partial charge in [-0.1, -0.05) is 67.1 Å². The first-order chi connectivity index (χ1) is 12.3. The first-order valence-electron chi connectivity index (χ1n) is 9.17. The van der Waals surface area contributed by atoms with E-state index in [1.807, 2.05) is 36.4 Å².